The van der Waals surface area contributed by atoms with E-state index in [1.54, 1.807) is 11.8 Å². The molecule has 0 fully saturated rings. The predicted octanol–water partition coefficient (Wildman–Crippen LogP) is 3.74. The van der Waals surface area contributed by atoms with Crippen LogP contribution in [0.4, 0.5) is 11.6 Å². The van der Waals surface area contributed by atoms with Crippen LogP contribution >= 0.6 is 22.6 Å². The van der Waals surface area contributed by atoms with E-state index in [-0.39, 0.29) is 12.5 Å². The Kier molecular flexibility index (Phi) is 6.75. The molecule has 166 valence electrons. The maximum absolute atomic E-state index is 13.4. The number of methoxy groups -OCH3 is 1. The summed E-state index contributed by atoms with van der Waals surface area (Å²) in [6.45, 7) is 1.94. The highest BCUT2D eigenvalue weighted by molar-refractivity contribution is 14.1. The van der Waals surface area contributed by atoms with E-state index in [1.165, 1.54) is 0 Å². The highest BCUT2D eigenvalue weighted by Gasteiger charge is 2.34. The Hall–Kier alpha value is -2.92. The number of aromatic nitrogens is 3. The number of nitrogens with zero attached hydrogens (tertiary/aromatic N) is 3. The summed E-state index contributed by atoms with van der Waals surface area (Å²) in [6.07, 6.45) is 1.12. The summed E-state index contributed by atoms with van der Waals surface area (Å²) in [5.74, 6) is 1.71. The first-order chi connectivity index (χ1) is 15.5. The molecule has 0 spiro atoms. The number of aryl methyl sites for hydroxylation is 1. The van der Waals surface area contributed by atoms with Crippen LogP contribution < -0.4 is 15.4 Å². The summed E-state index contributed by atoms with van der Waals surface area (Å²) in [5, 5.41) is 20.1. The first kappa shape index (κ1) is 22.3. The topological polar surface area (TPSA) is 101 Å². The molecule has 0 bridgehead atoms. The summed E-state index contributed by atoms with van der Waals surface area (Å²) in [7, 11) is 1.62. The van der Waals surface area contributed by atoms with Crippen molar-refractivity contribution in [1.29, 1.82) is 0 Å². The van der Waals surface area contributed by atoms with Gasteiger partial charge in [0.15, 0.2) is 5.82 Å². The van der Waals surface area contributed by atoms with Gasteiger partial charge in [0, 0.05) is 28.0 Å². The van der Waals surface area contributed by atoms with E-state index in [1.807, 2.05) is 55.5 Å². The van der Waals surface area contributed by atoms with Gasteiger partial charge in [0.2, 0.25) is 5.95 Å². The average Bonchev–Trinajstić information content (AvgIpc) is 3.20. The van der Waals surface area contributed by atoms with Crippen molar-refractivity contribution in [3.8, 4) is 5.75 Å². The second kappa shape index (κ2) is 9.70. The number of carbonyl (C=O) groups excluding carboxylic acids is 1. The number of benzene rings is 2. The van der Waals surface area contributed by atoms with E-state index >= 15 is 0 Å². The SMILES string of the molecule is COc1ccc(C2C(C(=O)Nc3ccc(I)cc3)=C(C)Nc3nc(CCCO)nn32)cc1. The minimum atomic E-state index is -0.462. The van der Waals surface area contributed by atoms with E-state index in [0.717, 1.165) is 20.6 Å². The summed E-state index contributed by atoms with van der Waals surface area (Å²) in [6, 6.07) is 14.8. The molecule has 2 heterocycles. The third-order valence-electron chi connectivity index (χ3n) is 5.23. The molecule has 1 unspecified atom stereocenters. The second-order valence-electron chi connectivity index (χ2n) is 7.42. The largest absolute Gasteiger partial charge is 0.497 e. The van der Waals surface area contributed by atoms with Gasteiger partial charge in [-0.25, -0.2) is 4.68 Å². The number of aliphatic hydroxyl groups is 1. The number of carbonyl (C=O) groups is 1. The van der Waals surface area contributed by atoms with Gasteiger partial charge < -0.3 is 20.5 Å². The van der Waals surface area contributed by atoms with E-state index in [9.17, 15) is 9.90 Å². The molecule has 1 atom stereocenters. The number of anilines is 2. The third-order valence-corrected chi connectivity index (χ3v) is 5.95. The van der Waals surface area contributed by atoms with E-state index in [0.29, 0.717) is 35.9 Å². The summed E-state index contributed by atoms with van der Waals surface area (Å²) >= 11 is 2.23. The molecule has 8 nitrogen and oxygen atoms in total. The number of aliphatic hydroxyl groups excluding tert-OH is 1. The molecule has 0 radical (unpaired) electrons. The van der Waals surface area contributed by atoms with E-state index in [4.69, 9.17) is 4.74 Å². The van der Waals surface area contributed by atoms with Crippen LogP contribution in [0.2, 0.25) is 0 Å². The lowest BCUT2D eigenvalue weighted by molar-refractivity contribution is -0.113. The molecule has 1 aliphatic heterocycles. The Labute approximate surface area is 199 Å². The van der Waals surface area contributed by atoms with Crippen molar-refractivity contribution in [2.75, 3.05) is 24.4 Å². The maximum Gasteiger partial charge on any atom is 0.255 e. The lowest BCUT2D eigenvalue weighted by Crippen LogP contribution is -2.31. The summed E-state index contributed by atoms with van der Waals surface area (Å²) in [5.41, 5.74) is 2.87. The van der Waals surface area contributed by atoms with Crippen LogP contribution in [0.5, 0.6) is 5.75 Å². The first-order valence-electron chi connectivity index (χ1n) is 10.2. The molecule has 0 saturated heterocycles. The number of rotatable bonds is 7. The van der Waals surface area contributed by atoms with Gasteiger partial charge in [0.1, 0.15) is 11.8 Å². The normalized spacial score (nSPS) is 15.2. The fourth-order valence-corrected chi connectivity index (χ4v) is 4.02. The molecule has 4 rings (SSSR count). The summed E-state index contributed by atoms with van der Waals surface area (Å²) in [4.78, 5) is 18.0. The molecule has 1 aromatic heterocycles. The zero-order valence-electron chi connectivity index (χ0n) is 17.8. The third kappa shape index (κ3) is 4.63. The standard InChI is InChI=1S/C23H24IN5O3/c1-14-20(22(31)26-17-9-7-16(24)8-10-17)21(15-5-11-18(32-2)12-6-15)29-23(25-14)27-19(28-29)4-3-13-30/h5-12,21,30H,3-4,13H2,1-2H3,(H,26,31)(H,25,27,28). The van der Waals surface area contributed by atoms with Crippen LogP contribution in [0.15, 0.2) is 59.8 Å². The van der Waals surface area contributed by atoms with Crippen LogP contribution in [-0.4, -0.2) is 39.5 Å². The molecule has 1 aliphatic rings. The number of hydrogen-bond donors (Lipinski definition) is 3. The second-order valence-corrected chi connectivity index (χ2v) is 8.67. The van der Waals surface area contributed by atoms with E-state index in [2.05, 4.69) is 43.3 Å². The average molecular weight is 545 g/mol. The van der Waals surface area contributed by atoms with Crippen molar-refractivity contribution < 1.29 is 14.6 Å². The van der Waals surface area contributed by atoms with Gasteiger partial charge in [0.25, 0.3) is 5.91 Å². The van der Waals surface area contributed by atoms with Crippen molar-refractivity contribution in [2.45, 2.75) is 25.8 Å². The smallest absolute Gasteiger partial charge is 0.255 e. The minimum Gasteiger partial charge on any atom is -0.497 e. The lowest BCUT2D eigenvalue weighted by atomic mass is 9.95. The fourth-order valence-electron chi connectivity index (χ4n) is 3.66. The number of ether oxygens (including phenoxy) is 1. The molecular weight excluding hydrogens is 521 g/mol. The van der Waals surface area contributed by atoms with Crippen LogP contribution in [0.3, 0.4) is 0 Å². The molecule has 2 aromatic carbocycles. The molecule has 0 saturated carbocycles. The molecule has 3 aromatic rings. The zero-order valence-corrected chi connectivity index (χ0v) is 20.0. The molecule has 1 amide bonds. The van der Waals surface area contributed by atoms with Crippen LogP contribution in [-0.2, 0) is 11.2 Å². The van der Waals surface area contributed by atoms with Crippen LogP contribution in [0.25, 0.3) is 0 Å². The van der Waals surface area contributed by atoms with Crippen LogP contribution in [0.1, 0.15) is 30.8 Å². The van der Waals surface area contributed by atoms with E-state index < -0.39 is 6.04 Å². The van der Waals surface area contributed by atoms with Crippen molar-refractivity contribution in [3.63, 3.8) is 0 Å². The van der Waals surface area contributed by atoms with Gasteiger partial charge in [-0.05, 0) is 77.9 Å². The van der Waals surface area contributed by atoms with Crippen LogP contribution in [0, 0.1) is 3.57 Å². The molecule has 0 aliphatic carbocycles. The van der Waals surface area contributed by atoms with Crippen molar-refractivity contribution in [3.05, 3.63) is 74.8 Å². The Morgan fingerprint density at radius 2 is 1.94 bits per heavy atom. The number of hydrogen-bond acceptors (Lipinski definition) is 6. The van der Waals surface area contributed by atoms with Gasteiger partial charge in [0.05, 0.1) is 12.7 Å². The number of nitrogens with one attached hydrogen (secondary N) is 2. The van der Waals surface area contributed by atoms with Gasteiger partial charge in [-0.2, -0.15) is 10.1 Å². The Balaban J connectivity index is 1.74. The van der Waals surface area contributed by atoms with Gasteiger partial charge >= 0.3 is 0 Å². The highest BCUT2D eigenvalue weighted by atomic mass is 127. The predicted molar refractivity (Wildman–Crippen MR) is 131 cm³/mol. The Bertz CT molecular complexity index is 1140. The van der Waals surface area contributed by atoms with Gasteiger partial charge in [-0.15, -0.1) is 0 Å². The number of halogens is 1. The Morgan fingerprint density at radius 3 is 2.59 bits per heavy atom. The molecule has 32 heavy (non-hydrogen) atoms. The zero-order chi connectivity index (χ0) is 22.7. The van der Waals surface area contributed by atoms with Crippen molar-refractivity contribution in [2.24, 2.45) is 0 Å². The lowest BCUT2D eigenvalue weighted by Gasteiger charge is -2.28. The molecular formula is C23H24IN5O3. The fraction of sp³-hybridized carbons (Fsp3) is 0.261. The number of amides is 1. The number of fused-ring (bicyclic) bond motifs is 1. The maximum atomic E-state index is 13.4. The quantitative estimate of drug-likeness (QED) is 0.391. The Morgan fingerprint density at radius 1 is 1.22 bits per heavy atom. The van der Waals surface area contributed by atoms with Gasteiger partial charge in [-0.1, -0.05) is 12.1 Å². The molecule has 9 heteroatoms. The van der Waals surface area contributed by atoms with Crippen molar-refractivity contribution in [1.82, 2.24) is 14.8 Å². The minimum absolute atomic E-state index is 0.0696. The number of allylic oxidation sites excluding steroid dienone is 1. The first-order valence-corrected chi connectivity index (χ1v) is 11.3. The van der Waals surface area contributed by atoms with Crippen molar-refractivity contribution >= 4 is 40.1 Å². The van der Waals surface area contributed by atoms with Gasteiger partial charge in [-0.3, -0.25) is 4.79 Å². The summed E-state index contributed by atoms with van der Waals surface area (Å²) < 4.78 is 8.13. The molecule has 3 N–H and O–H groups in total. The highest BCUT2D eigenvalue weighted by Crippen LogP contribution is 2.36. The monoisotopic (exact) mass is 545 g/mol.